The number of benzene rings is 1. The molecule has 3 heteroatoms. The Morgan fingerprint density at radius 3 is 2.32 bits per heavy atom. The second kappa shape index (κ2) is 5.14. The van der Waals surface area contributed by atoms with Gasteiger partial charge in [0.25, 0.3) is 0 Å². The van der Waals surface area contributed by atoms with Gasteiger partial charge >= 0.3 is 0 Å². The van der Waals surface area contributed by atoms with Crippen LogP contribution in [0.5, 0.6) is 5.75 Å². The van der Waals surface area contributed by atoms with Gasteiger partial charge in [0, 0.05) is 18.4 Å². The van der Waals surface area contributed by atoms with Crippen molar-refractivity contribution in [1.82, 2.24) is 0 Å². The molecule has 1 N–H and O–H groups in total. The SMILES string of the molecule is COc1c(C2(O)CC(C)OC(C)C2)ccc(C)c1C. The summed E-state index contributed by atoms with van der Waals surface area (Å²) in [7, 11) is 1.67. The maximum Gasteiger partial charge on any atom is 0.128 e. The van der Waals surface area contributed by atoms with Crippen LogP contribution >= 0.6 is 0 Å². The molecule has 3 nitrogen and oxygen atoms in total. The first kappa shape index (κ1) is 14.4. The number of hydrogen-bond donors (Lipinski definition) is 1. The Labute approximate surface area is 115 Å². The monoisotopic (exact) mass is 264 g/mol. The van der Waals surface area contributed by atoms with E-state index in [9.17, 15) is 5.11 Å². The predicted octanol–water partition coefficient (Wildman–Crippen LogP) is 3.09. The minimum atomic E-state index is -0.860. The van der Waals surface area contributed by atoms with Crippen molar-refractivity contribution in [3.05, 3.63) is 28.8 Å². The highest BCUT2D eigenvalue weighted by atomic mass is 16.5. The highest BCUT2D eigenvalue weighted by Gasteiger charge is 2.40. The molecule has 1 fully saturated rings. The first-order chi connectivity index (χ1) is 8.87. The van der Waals surface area contributed by atoms with Gasteiger partial charge in [0.2, 0.25) is 0 Å². The van der Waals surface area contributed by atoms with Crippen molar-refractivity contribution >= 4 is 0 Å². The molecule has 1 aliphatic heterocycles. The maximum absolute atomic E-state index is 11.1. The lowest BCUT2D eigenvalue weighted by Gasteiger charge is -2.40. The molecule has 0 aromatic heterocycles. The van der Waals surface area contributed by atoms with Gasteiger partial charge in [0.1, 0.15) is 5.75 Å². The van der Waals surface area contributed by atoms with Crippen LogP contribution in [0.4, 0.5) is 0 Å². The third-order valence-corrected chi connectivity index (χ3v) is 4.10. The van der Waals surface area contributed by atoms with E-state index in [2.05, 4.69) is 13.0 Å². The van der Waals surface area contributed by atoms with Crippen LogP contribution in [0.2, 0.25) is 0 Å². The first-order valence-corrected chi connectivity index (χ1v) is 6.90. The van der Waals surface area contributed by atoms with Gasteiger partial charge in [-0.2, -0.15) is 0 Å². The zero-order chi connectivity index (χ0) is 14.2. The van der Waals surface area contributed by atoms with Gasteiger partial charge in [0.15, 0.2) is 0 Å². The van der Waals surface area contributed by atoms with Crippen LogP contribution in [-0.4, -0.2) is 24.4 Å². The van der Waals surface area contributed by atoms with Gasteiger partial charge in [-0.1, -0.05) is 12.1 Å². The van der Waals surface area contributed by atoms with E-state index < -0.39 is 5.60 Å². The van der Waals surface area contributed by atoms with Crippen LogP contribution in [0.3, 0.4) is 0 Å². The quantitative estimate of drug-likeness (QED) is 0.892. The molecule has 2 atom stereocenters. The molecular formula is C16H24O3. The van der Waals surface area contributed by atoms with Crippen molar-refractivity contribution < 1.29 is 14.6 Å². The molecule has 0 saturated carbocycles. The van der Waals surface area contributed by atoms with Crippen molar-refractivity contribution in [1.29, 1.82) is 0 Å². The number of ether oxygens (including phenoxy) is 2. The Kier molecular flexibility index (Phi) is 3.88. The van der Waals surface area contributed by atoms with Crippen molar-refractivity contribution in [2.45, 2.75) is 58.3 Å². The third kappa shape index (κ3) is 2.63. The highest BCUT2D eigenvalue weighted by Crippen LogP contribution is 2.43. The molecule has 0 radical (unpaired) electrons. The third-order valence-electron chi connectivity index (χ3n) is 4.10. The molecule has 1 saturated heterocycles. The van der Waals surface area contributed by atoms with Crippen molar-refractivity contribution in [3.63, 3.8) is 0 Å². The zero-order valence-electron chi connectivity index (χ0n) is 12.5. The predicted molar refractivity (Wildman–Crippen MR) is 75.6 cm³/mol. The number of aryl methyl sites for hydroxylation is 1. The lowest BCUT2D eigenvalue weighted by molar-refractivity contribution is -0.136. The minimum Gasteiger partial charge on any atom is -0.496 e. The van der Waals surface area contributed by atoms with Gasteiger partial charge < -0.3 is 14.6 Å². The fraction of sp³-hybridized carbons (Fsp3) is 0.625. The molecule has 2 rings (SSSR count). The summed E-state index contributed by atoms with van der Waals surface area (Å²) in [4.78, 5) is 0. The summed E-state index contributed by atoms with van der Waals surface area (Å²) >= 11 is 0. The van der Waals surface area contributed by atoms with Crippen molar-refractivity contribution in [2.75, 3.05) is 7.11 Å². The highest BCUT2D eigenvalue weighted by molar-refractivity contribution is 5.48. The number of aliphatic hydroxyl groups is 1. The van der Waals surface area contributed by atoms with Crippen molar-refractivity contribution in [2.24, 2.45) is 0 Å². The first-order valence-electron chi connectivity index (χ1n) is 6.90. The molecule has 19 heavy (non-hydrogen) atoms. The molecule has 0 aliphatic carbocycles. The summed E-state index contributed by atoms with van der Waals surface area (Å²) < 4.78 is 11.3. The summed E-state index contributed by atoms with van der Waals surface area (Å²) in [5.74, 6) is 0.809. The van der Waals surface area contributed by atoms with Crippen LogP contribution in [0.25, 0.3) is 0 Å². The Bertz CT molecular complexity index is 457. The average molecular weight is 264 g/mol. The van der Waals surface area contributed by atoms with E-state index in [4.69, 9.17) is 9.47 Å². The maximum atomic E-state index is 11.1. The number of methoxy groups -OCH3 is 1. The molecule has 1 aromatic carbocycles. The van der Waals surface area contributed by atoms with E-state index in [1.54, 1.807) is 7.11 Å². The van der Waals surface area contributed by atoms with E-state index in [-0.39, 0.29) is 12.2 Å². The van der Waals surface area contributed by atoms with Crippen LogP contribution in [0.15, 0.2) is 12.1 Å². The standard InChI is InChI=1S/C16H24O3/c1-10-6-7-14(15(18-5)13(10)4)16(17)8-11(2)19-12(3)9-16/h6-7,11-12,17H,8-9H2,1-5H3. The fourth-order valence-corrected chi connectivity index (χ4v) is 3.17. The van der Waals surface area contributed by atoms with E-state index in [0.717, 1.165) is 16.9 Å². The van der Waals surface area contributed by atoms with Crippen LogP contribution in [0.1, 0.15) is 43.4 Å². The Morgan fingerprint density at radius 2 is 1.79 bits per heavy atom. The fourth-order valence-electron chi connectivity index (χ4n) is 3.17. The molecular weight excluding hydrogens is 240 g/mol. The normalized spacial score (nSPS) is 31.3. The summed E-state index contributed by atoms with van der Waals surface area (Å²) in [5.41, 5.74) is 2.30. The summed E-state index contributed by atoms with van der Waals surface area (Å²) in [6, 6.07) is 4.04. The molecule has 0 spiro atoms. The minimum absolute atomic E-state index is 0.0556. The average Bonchev–Trinajstić information content (AvgIpc) is 2.30. The van der Waals surface area contributed by atoms with Crippen LogP contribution < -0.4 is 4.74 Å². The molecule has 1 heterocycles. The van der Waals surface area contributed by atoms with Gasteiger partial charge in [-0.3, -0.25) is 0 Å². The zero-order valence-corrected chi connectivity index (χ0v) is 12.5. The van der Waals surface area contributed by atoms with Crippen LogP contribution in [0, 0.1) is 13.8 Å². The summed E-state index contributed by atoms with van der Waals surface area (Å²) in [5, 5.41) is 11.1. The molecule has 0 amide bonds. The van der Waals surface area contributed by atoms with Gasteiger partial charge in [-0.05, 0) is 38.8 Å². The van der Waals surface area contributed by atoms with Gasteiger partial charge in [0.05, 0.1) is 24.9 Å². The molecule has 106 valence electrons. The Hall–Kier alpha value is -1.06. The van der Waals surface area contributed by atoms with E-state index in [1.165, 1.54) is 5.56 Å². The van der Waals surface area contributed by atoms with E-state index in [0.29, 0.717) is 12.8 Å². The molecule has 1 aromatic rings. The lowest BCUT2D eigenvalue weighted by Crippen LogP contribution is -2.41. The van der Waals surface area contributed by atoms with Gasteiger partial charge in [-0.25, -0.2) is 0 Å². The van der Waals surface area contributed by atoms with E-state index >= 15 is 0 Å². The number of rotatable bonds is 2. The molecule has 0 bridgehead atoms. The Balaban J connectivity index is 2.48. The summed E-state index contributed by atoms with van der Waals surface area (Å²) in [6.07, 6.45) is 1.33. The molecule has 2 unspecified atom stereocenters. The topological polar surface area (TPSA) is 38.7 Å². The van der Waals surface area contributed by atoms with E-state index in [1.807, 2.05) is 26.8 Å². The van der Waals surface area contributed by atoms with Crippen LogP contribution in [-0.2, 0) is 10.3 Å². The second-order valence-electron chi connectivity index (χ2n) is 5.79. The number of hydrogen-bond acceptors (Lipinski definition) is 3. The second-order valence-corrected chi connectivity index (χ2v) is 5.79. The Morgan fingerprint density at radius 1 is 1.21 bits per heavy atom. The lowest BCUT2D eigenvalue weighted by atomic mass is 9.80. The molecule has 1 aliphatic rings. The van der Waals surface area contributed by atoms with Gasteiger partial charge in [-0.15, -0.1) is 0 Å². The van der Waals surface area contributed by atoms with Crippen molar-refractivity contribution in [3.8, 4) is 5.75 Å². The summed E-state index contributed by atoms with van der Waals surface area (Å²) in [6.45, 7) is 8.11. The largest absolute Gasteiger partial charge is 0.496 e. The smallest absolute Gasteiger partial charge is 0.128 e.